The second-order valence-electron chi connectivity index (χ2n) is 5.85. The van der Waals surface area contributed by atoms with E-state index in [0.29, 0.717) is 18.2 Å². The van der Waals surface area contributed by atoms with Crippen molar-refractivity contribution in [3.8, 4) is 11.3 Å². The highest BCUT2D eigenvalue weighted by Gasteiger charge is 2.18. The van der Waals surface area contributed by atoms with Crippen LogP contribution < -0.4 is 5.32 Å². The molecule has 0 radical (unpaired) electrons. The molecule has 0 saturated heterocycles. The van der Waals surface area contributed by atoms with E-state index < -0.39 is 11.9 Å². The third-order valence-electron chi connectivity index (χ3n) is 3.96. The van der Waals surface area contributed by atoms with Gasteiger partial charge in [0.15, 0.2) is 0 Å². The van der Waals surface area contributed by atoms with E-state index in [9.17, 15) is 9.59 Å². The number of aromatic nitrogens is 1. The number of hydrogen-bond acceptors (Lipinski definition) is 3. The van der Waals surface area contributed by atoms with Crippen molar-refractivity contribution in [2.75, 3.05) is 6.54 Å². The number of benzene rings is 1. The van der Waals surface area contributed by atoms with Gasteiger partial charge >= 0.3 is 11.9 Å². The SMILES string of the molecule is Cc1ccc(-c2ccc3n2CCNC3C)cc1.O=C(O)C=CC(=O)O. The maximum atomic E-state index is 9.55. The van der Waals surface area contributed by atoms with Gasteiger partial charge in [0, 0.05) is 42.7 Å². The van der Waals surface area contributed by atoms with Gasteiger partial charge in [-0.25, -0.2) is 9.59 Å². The van der Waals surface area contributed by atoms with Crippen molar-refractivity contribution in [2.45, 2.75) is 26.4 Å². The van der Waals surface area contributed by atoms with Crippen molar-refractivity contribution < 1.29 is 19.8 Å². The molecule has 2 aromatic rings. The van der Waals surface area contributed by atoms with Crippen LogP contribution in [0.3, 0.4) is 0 Å². The molecule has 0 fully saturated rings. The number of carboxylic acid groups (broad SMARTS) is 2. The minimum Gasteiger partial charge on any atom is -0.478 e. The predicted octanol–water partition coefficient (Wildman–Crippen LogP) is 2.84. The van der Waals surface area contributed by atoms with Crippen molar-refractivity contribution in [1.29, 1.82) is 0 Å². The molecule has 1 unspecified atom stereocenters. The first-order valence-corrected chi connectivity index (χ1v) is 8.02. The van der Waals surface area contributed by atoms with Crippen LogP contribution in [0.5, 0.6) is 0 Å². The lowest BCUT2D eigenvalue weighted by molar-refractivity contribution is -0.134. The minimum absolute atomic E-state index is 0.461. The Morgan fingerprint density at radius 1 is 1.08 bits per heavy atom. The van der Waals surface area contributed by atoms with Crippen molar-refractivity contribution in [2.24, 2.45) is 0 Å². The molecule has 0 aliphatic carbocycles. The third kappa shape index (κ3) is 5.06. The Hall–Kier alpha value is -2.86. The van der Waals surface area contributed by atoms with Crippen LogP contribution in [0.15, 0.2) is 48.6 Å². The van der Waals surface area contributed by atoms with E-state index in [1.165, 1.54) is 22.5 Å². The monoisotopic (exact) mass is 342 g/mol. The molecule has 1 aliphatic rings. The molecule has 0 saturated carbocycles. The number of hydrogen-bond donors (Lipinski definition) is 3. The number of nitrogens with one attached hydrogen (secondary N) is 1. The van der Waals surface area contributed by atoms with Crippen molar-refractivity contribution in [1.82, 2.24) is 9.88 Å². The van der Waals surface area contributed by atoms with Crippen LogP contribution in [-0.4, -0.2) is 33.3 Å². The van der Waals surface area contributed by atoms with Gasteiger partial charge in [0.2, 0.25) is 0 Å². The minimum atomic E-state index is -1.26. The quantitative estimate of drug-likeness (QED) is 0.746. The maximum Gasteiger partial charge on any atom is 0.328 e. The number of fused-ring (bicyclic) bond motifs is 1. The van der Waals surface area contributed by atoms with Gasteiger partial charge in [0.25, 0.3) is 0 Å². The summed E-state index contributed by atoms with van der Waals surface area (Å²) in [7, 11) is 0. The molecule has 25 heavy (non-hydrogen) atoms. The lowest BCUT2D eigenvalue weighted by atomic mass is 10.1. The molecular formula is C19H22N2O4. The summed E-state index contributed by atoms with van der Waals surface area (Å²) in [5.74, 6) is -2.51. The molecule has 1 atom stereocenters. The molecule has 6 nitrogen and oxygen atoms in total. The number of aryl methyl sites for hydroxylation is 1. The molecule has 0 bridgehead atoms. The van der Waals surface area contributed by atoms with E-state index in [1.807, 2.05) is 0 Å². The molecule has 2 heterocycles. The topological polar surface area (TPSA) is 91.6 Å². The van der Waals surface area contributed by atoms with Crippen LogP contribution in [0.1, 0.15) is 24.2 Å². The lowest BCUT2D eigenvalue weighted by Gasteiger charge is -2.25. The summed E-state index contributed by atoms with van der Waals surface area (Å²) >= 11 is 0. The third-order valence-corrected chi connectivity index (χ3v) is 3.96. The lowest BCUT2D eigenvalue weighted by Crippen LogP contribution is -2.31. The van der Waals surface area contributed by atoms with E-state index in [2.05, 4.69) is 60.1 Å². The Bertz CT molecular complexity index is 759. The van der Waals surface area contributed by atoms with Gasteiger partial charge in [-0.3, -0.25) is 0 Å². The number of aliphatic carboxylic acids is 2. The summed E-state index contributed by atoms with van der Waals surface area (Å²) < 4.78 is 2.44. The zero-order chi connectivity index (χ0) is 18.4. The molecule has 3 N–H and O–H groups in total. The summed E-state index contributed by atoms with van der Waals surface area (Å²) in [5, 5.41) is 19.1. The van der Waals surface area contributed by atoms with Gasteiger partial charge in [0.05, 0.1) is 0 Å². The molecule has 3 rings (SSSR count). The van der Waals surface area contributed by atoms with E-state index in [4.69, 9.17) is 10.2 Å². The van der Waals surface area contributed by atoms with Gasteiger partial charge in [-0.2, -0.15) is 0 Å². The van der Waals surface area contributed by atoms with Gasteiger partial charge in [-0.1, -0.05) is 29.8 Å². The van der Waals surface area contributed by atoms with Gasteiger partial charge in [0.1, 0.15) is 0 Å². The number of nitrogens with zero attached hydrogens (tertiary/aromatic N) is 1. The first-order valence-electron chi connectivity index (χ1n) is 8.02. The molecule has 1 aromatic heterocycles. The van der Waals surface area contributed by atoms with Crippen LogP contribution in [0, 0.1) is 6.92 Å². The molecule has 6 heteroatoms. The second kappa shape index (κ2) is 8.30. The van der Waals surface area contributed by atoms with Crippen LogP contribution in [0.2, 0.25) is 0 Å². The standard InChI is InChI=1S/C15H18N2.C4H4O4/c1-11-3-5-13(6-4-11)15-8-7-14-12(2)16-9-10-17(14)15;5-3(6)1-2-4(7)8/h3-8,12,16H,9-10H2,1-2H3;1-2H,(H,5,6)(H,7,8). The van der Waals surface area contributed by atoms with Crippen molar-refractivity contribution in [3.63, 3.8) is 0 Å². The highest BCUT2D eigenvalue weighted by molar-refractivity contribution is 5.89. The first-order chi connectivity index (χ1) is 11.9. The molecule has 1 aliphatic heterocycles. The van der Waals surface area contributed by atoms with Crippen LogP contribution in [0.4, 0.5) is 0 Å². The average Bonchev–Trinajstić information content (AvgIpc) is 3.00. The average molecular weight is 342 g/mol. The smallest absolute Gasteiger partial charge is 0.328 e. The highest BCUT2D eigenvalue weighted by Crippen LogP contribution is 2.27. The van der Waals surface area contributed by atoms with E-state index in [-0.39, 0.29) is 0 Å². The Morgan fingerprint density at radius 2 is 1.68 bits per heavy atom. The number of rotatable bonds is 3. The summed E-state index contributed by atoms with van der Waals surface area (Å²) in [6.07, 6.45) is 1.12. The first kappa shape index (κ1) is 18.5. The van der Waals surface area contributed by atoms with Crippen molar-refractivity contribution >= 4 is 11.9 Å². The molecule has 1 aromatic carbocycles. The maximum absolute atomic E-state index is 9.55. The van der Waals surface area contributed by atoms with Gasteiger partial charge in [-0.05, 0) is 31.5 Å². The number of carbonyl (C=O) groups is 2. The fourth-order valence-corrected chi connectivity index (χ4v) is 2.73. The molecule has 132 valence electrons. The molecule has 0 amide bonds. The van der Waals surface area contributed by atoms with E-state index in [1.54, 1.807) is 0 Å². The summed E-state index contributed by atoms with van der Waals surface area (Å²) in [6.45, 7) is 6.48. The van der Waals surface area contributed by atoms with Crippen LogP contribution in [-0.2, 0) is 16.1 Å². The largest absolute Gasteiger partial charge is 0.478 e. The molecule has 0 spiro atoms. The van der Waals surface area contributed by atoms with Gasteiger partial charge < -0.3 is 20.1 Å². The summed E-state index contributed by atoms with van der Waals surface area (Å²) in [5.41, 5.74) is 5.37. The van der Waals surface area contributed by atoms with Crippen LogP contribution in [0.25, 0.3) is 11.3 Å². The second-order valence-corrected chi connectivity index (χ2v) is 5.85. The van der Waals surface area contributed by atoms with E-state index >= 15 is 0 Å². The Morgan fingerprint density at radius 3 is 2.24 bits per heavy atom. The van der Waals surface area contributed by atoms with E-state index in [0.717, 1.165) is 13.1 Å². The molecular weight excluding hydrogens is 320 g/mol. The normalized spacial score (nSPS) is 16.0. The Labute approximate surface area is 146 Å². The Balaban J connectivity index is 0.000000242. The fraction of sp³-hybridized carbons (Fsp3) is 0.263. The summed E-state index contributed by atoms with van der Waals surface area (Å²) in [4.78, 5) is 19.1. The Kier molecular flexibility index (Phi) is 6.14. The van der Waals surface area contributed by atoms with Crippen LogP contribution >= 0.6 is 0 Å². The fourth-order valence-electron chi connectivity index (χ4n) is 2.73. The number of carboxylic acids is 2. The predicted molar refractivity (Wildman–Crippen MR) is 95.4 cm³/mol. The summed E-state index contributed by atoms with van der Waals surface area (Å²) in [6, 6.07) is 13.7. The zero-order valence-corrected chi connectivity index (χ0v) is 14.3. The zero-order valence-electron chi connectivity index (χ0n) is 14.3. The highest BCUT2D eigenvalue weighted by atomic mass is 16.4. The van der Waals surface area contributed by atoms with Crippen molar-refractivity contribution in [3.05, 3.63) is 59.8 Å². The van der Waals surface area contributed by atoms with Gasteiger partial charge in [-0.15, -0.1) is 0 Å².